The van der Waals surface area contributed by atoms with Crippen molar-refractivity contribution in [3.63, 3.8) is 0 Å². The van der Waals surface area contributed by atoms with Crippen LogP contribution in [0.1, 0.15) is 52.0 Å². The lowest BCUT2D eigenvalue weighted by molar-refractivity contribution is -0.373. The fourth-order valence-electron chi connectivity index (χ4n) is 7.30. The number of esters is 1. The lowest BCUT2D eigenvalue weighted by Gasteiger charge is -2.40. The number of fused-ring (bicyclic) bond motifs is 2. The van der Waals surface area contributed by atoms with Crippen LogP contribution >= 0.6 is 10.3 Å². The molecule has 3 aromatic carbocycles. The SMILES string of the molecule is C=C(COCC(F)(F)S(=O)(=O)OS(c1ccccc1)(c1ccccc1)c1ccc(C(C)(C)C)cc1)C(=O)OC1CC2CC(CC(O)(C(F)(F)F)C(F)(F)F)C1C2. The van der Waals surface area contributed by atoms with E-state index in [2.05, 4.69) is 6.58 Å². The molecule has 2 aliphatic rings. The van der Waals surface area contributed by atoms with Crippen LogP contribution in [0.5, 0.6) is 0 Å². The second-order valence-electron chi connectivity index (χ2n) is 15.2. The number of carbonyl (C=O) groups excluding carboxylic acids is 1. The molecule has 4 atom stereocenters. The first-order valence-electron chi connectivity index (χ1n) is 17.5. The standard InChI is InChI=1S/C39H42F8O7S2/c1-25(34(48)53-33-21-26-19-27(32(33)20-26)22-36(49,38(42,43)44)39(45,46)47)23-52-24-37(40,41)56(50,51)54-55(29-11-7-5-8-12-29,30-13-9-6-10-14-30)31-17-15-28(16-18-31)35(2,3)4/h5-18,26-27,32-33,49H,1,19-24H2,2-4H3. The normalized spacial score (nSPS) is 21.2. The first-order valence-corrected chi connectivity index (χ1v) is 20.5. The summed E-state index contributed by atoms with van der Waals surface area (Å²) in [6, 6.07) is 22.9. The number of rotatable bonds is 14. The van der Waals surface area contributed by atoms with Crippen molar-refractivity contribution in [2.24, 2.45) is 17.8 Å². The van der Waals surface area contributed by atoms with E-state index < -0.39 is 92.8 Å². The van der Waals surface area contributed by atoms with Crippen molar-refractivity contribution in [1.82, 2.24) is 0 Å². The summed E-state index contributed by atoms with van der Waals surface area (Å²) in [7, 11) is -9.23. The molecule has 7 nitrogen and oxygen atoms in total. The van der Waals surface area contributed by atoms with Crippen LogP contribution in [0.3, 0.4) is 0 Å². The van der Waals surface area contributed by atoms with Gasteiger partial charge in [-0.2, -0.15) is 43.5 Å². The van der Waals surface area contributed by atoms with E-state index in [1.54, 1.807) is 84.9 Å². The molecule has 2 fully saturated rings. The van der Waals surface area contributed by atoms with Gasteiger partial charge >= 0.3 is 33.7 Å². The summed E-state index contributed by atoms with van der Waals surface area (Å²) in [6.07, 6.45) is -14.6. The molecule has 3 aromatic rings. The van der Waals surface area contributed by atoms with Crippen LogP contribution in [0.25, 0.3) is 0 Å². The van der Waals surface area contributed by atoms with Crippen LogP contribution in [0, 0.1) is 17.8 Å². The zero-order valence-electron chi connectivity index (χ0n) is 30.6. The van der Waals surface area contributed by atoms with Crippen LogP contribution in [0.15, 0.2) is 112 Å². The first kappa shape index (κ1) is 43.6. The molecule has 17 heteroatoms. The third kappa shape index (κ3) is 8.66. The highest BCUT2D eigenvalue weighted by Crippen LogP contribution is 2.70. The Labute approximate surface area is 321 Å². The molecular formula is C39H42F8O7S2. The van der Waals surface area contributed by atoms with Gasteiger partial charge in [0, 0.05) is 14.7 Å². The summed E-state index contributed by atoms with van der Waals surface area (Å²) in [5.41, 5.74) is -4.92. The molecular weight excluding hydrogens is 797 g/mol. The van der Waals surface area contributed by atoms with Crippen molar-refractivity contribution in [2.45, 2.75) is 95.9 Å². The molecule has 2 saturated carbocycles. The minimum atomic E-state index is -6.00. The van der Waals surface area contributed by atoms with Crippen molar-refractivity contribution < 1.29 is 66.5 Å². The van der Waals surface area contributed by atoms with Gasteiger partial charge in [0.1, 0.15) is 12.7 Å². The number of hydrogen-bond acceptors (Lipinski definition) is 7. The minimum Gasteiger partial charge on any atom is -0.459 e. The lowest BCUT2D eigenvalue weighted by atomic mass is 9.78. The largest absolute Gasteiger partial charge is 0.459 e. The van der Waals surface area contributed by atoms with E-state index in [0.29, 0.717) is 14.7 Å². The number of halogens is 8. The number of carbonyl (C=O) groups is 1. The fourth-order valence-corrected chi connectivity index (χ4v) is 12.4. The van der Waals surface area contributed by atoms with Gasteiger partial charge in [-0.25, -0.2) is 8.42 Å². The summed E-state index contributed by atoms with van der Waals surface area (Å²) in [6.45, 7) is 6.61. The van der Waals surface area contributed by atoms with Gasteiger partial charge in [0.2, 0.25) is 0 Å². The number of benzene rings is 3. The molecule has 0 heterocycles. The van der Waals surface area contributed by atoms with Gasteiger partial charge in [0.15, 0.2) is 0 Å². The van der Waals surface area contributed by atoms with Gasteiger partial charge < -0.3 is 14.6 Å². The Bertz CT molecular complexity index is 1910. The highest BCUT2D eigenvalue weighted by atomic mass is 32.3. The maximum Gasteiger partial charge on any atom is 0.426 e. The fraction of sp³-hybridized carbons (Fsp3) is 0.462. The van der Waals surface area contributed by atoms with Crippen LogP contribution in [0.4, 0.5) is 35.1 Å². The average Bonchev–Trinajstić information content (AvgIpc) is 3.70. The van der Waals surface area contributed by atoms with Gasteiger partial charge in [-0.1, -0.05) is 75.9 Å². The van der Waals surface area contributed by atoms with Crippen molar-refractivity contribution in [3.05, 3.63) is 103 Å². The second kappa shape index (κ2) is 15.7. The molecule has 0 aliphatic heterocycles. The van der Waals surface area contributed by atoms with E-state index in [-0.39, 0.29) is 30.6 Å². The van der Waals surface area contributed by atoms with E-state index in [9.17, 15) is 44.7 Å². The van der Waals surface area contributed by atoms with Crippen LogP contribution in [0.2, 0.25) is 0 Å². The van der Waals surface area contributed by atoms with E-state index in [4.69, 9.17) is 13.1 Å². The zero-order valence-corrected chi connectivity index (χ0v) is 32.2. The third-order valence-corrected chi connectivity index (χ3v) is 15.4. The Morgan fingerprint density at radius 1 is 0.768 bits per heavy atom. The Balaban J connectivity index is 1.30. The monoisotopic (exact) mass is 838 g/mol. The predicted octanol–water partition coefficient (Wildman–Crippen LogP) is 9.90. The van der Waals surface area contributed by atoms with E-state index in [1.807, 2.05) is 20.8 Å². The first-order chi connectivity index (χ1) is 25.8. The van der Waals surface area contributed by atoms with Crippen LogP contribution in [-0.4, -0.2) is 62.0 Å². The molecule has 0 aromatic heterocycles. The van der Waals surface area contributed by atoms with Gasteiger partial charge in [-0.15, -0.1) is 0 Å². The quantitative estimate of drug-likeness (QED) is 0.0981. The minimum absolute atomic E-state index is 0.0529. The molecule has 4 unspecified atom stereocenters. The summed E-state index contributed by atoms with van der Waals surface area (Å²) in [5, 5.41) is 5.04. The smallest absolute Gasteiger partial charge is 0.426 e. The maximum absolute atomic E-state index is 15.8. The number of ether oxygens (including phenoxy) is 2. The summed E-state index contributed by atoms with van der Waals surface area (Å²) in [5.74, 6) is -3.83. The van der Waals surface area contributed by atoms with Crippen LogP contribution in [-0.2, 0) is 33.4 Å². The Morgan fingerprint density at radius 3 is 1.73 bits per heavy atom. The second-order valence-corrected chi connectivity index (χ2v) is 19.8. The molecule has 56 heavy (non-hydrogen) atoms. The molecule has 1 N–H and O–H groups in total. The van der Waals surface area contributed by atoms with Crippen molar-refractivity contribution in [2.75, 3.05) is 13.2 Å². The maximum atomic E-state index is 15.8. The number of aliphatic hydroxyl groups is 1. The average molecular weight is 839 g/mol. The summed E-state index contributed by atoms with van der Waals surface area (Å²) >= 11 is 0. The van der Waals surface area contributed by atoms with Gasteiger partial charge in [-0.05, 0) is 101 Å². The van der Waals surface area contributed by atoms with Gasteiger partial charge in [-0.3, -0.25) is 0 Å². The van der Waals surface area contributed by atoms with E-state index >= 15 is 8.78 Å². The molecule has 0 saturated heterocycles. The molecule has 2 bridgehead atoms. The molecule has 2 aliphatic carbocycles. The predicted molar refractivity (Wildman–Crippen MR) is 191 cm³/mol. The molecule has 308 valence electrons. The number of alkyl halides is 8. The number of hydrogen-bond donors (Lipinski definition) is 1. The Kier molecular flexibility index (Phi) is 12.2. The van der Waals surface area contributed by atoms with Gasteiger partial charge in [0.05, 0.1) is 12.2 Å². The Morgan fingerprint density at radius 2 is 1.27 bits per heavy atom. The van der Waals surface area contributed by atoms with Crippen molar-refractivity contribution in [1.29, 1.82) is 0 Å². The van der Waals surface area contributed by atoms with E-state index in [1.165, 1.54) is 0 Å². The molecule has 0 amide bonds. The van der Waals surface area contributed by atoms with Gasteiger partial charge in [0.25, 0.3) is 5.60 Å². The highest BCUT2D eigenvalue weighted by Gasteiger charge is 2.71. The highest BCUT2D eigenvalue weighted by molar-refractivity contribution is 8.33. The molecule has 0 spiro atoms. The van der Waals surface area contributed by atoms with Crippen LogP contribution < -0.4 is 0 Å². The lowest BCUT2D eigenvalue weighted by Crippen LogP contribution is -2.58. The molecule has 0 radical (unpaired) electrons. The third-order valence-electron chi connectivity index (χ3n) is 10.2. The van der Waals surface area contributed by atoms with Crippen molar-refractivity contribution >= 4 is 26.4 Å². The summed E-state index contributed by atoms with van der Waals surface area (Å²) in [4.78, 5) is 13.8. The molecule has 5 rings (SSSR count). The Hall–Kier alpha value is -3.51. The van der Waals surface area contributed by atoms with E-state index in [0.717, 1.165) is 5.56 Å². The zero-order chi connectivity index (χ0) is 41.5. The van der Waals surface area contributed by atoms with Crippen molar-refractivity contribution in [3.8, 4) is 0 Å². The topological polar surface area (TPSA) is 99.1 Å². The summed E-state index contributed by atoms with van der Waals surface area (Å²) < 4.78 is 155.